The summed E-state index contributed by atoms with van der Waals surface area (Å²) in [6, 6.07) is 9.90. The Hall–Kier alpha value is -2.47. The zero-order valence-corrected chi connectivity index (χ0v) is 13.5. The van der Waals surface area contributed by atoms with Crippen molar-refractivity contribution >= 4 is 27.5 Å². The van der Waals surface area contributed by atoms with Crippen LogP contribution in [0.1, 0.15) is 23.0 Å². The molecule has 1 amide bonds. The highest BCUT2D eigenvalue weighted by Gasteiger charge is 2.18. The van der Waals surface area contributed by atoms with Gasteiger partial charge in [0.15, 0.2) is 11.5 Å². The van der Waals surface area contributed by atoms with Crippen LogP contribution in [0.25, 0.3) is 10.2 Å². The highest BCUT2D eigenvalue weighted by Crippen LogP contribution is 2.33. The third-order valence-corrected chi connectivity index (χ3v) is 4.72. The van der Waals surface area contributed by atoms with Crippen LogP contribution in [0, 0.1) is 0 Å². The second-order valence-electron chi connectivity index (χ2n) is 5.33. The molecule has 0 saturated carbocycles. The number of carbonyl (C=O) groups is 1. The van der Waals surface area contributed by atoms with Crippen LogP contribution in [0.2, 0.25) is 0 Å². The second kappa shape index (κ2) is 5.62. The summed E-state index contributed by atoms with van der Waals surface area (Å²) in [5.41, 5.74) is 2.84. The fourth-order valence-corrected chi connectivity index (χ4v) is 3.63. The van der Waals surface area contributed by atoms with Crippen LogP contribution in [-0.2, 0) is 6.54 Å². The van der Waals surface area contributed by atoms with Crippen molar-refractivity contribution in [2.24, 2.45) is 0 Å². The third-order valence-electron chi connectivity index (χ3n) is 3.87. The molecule has 0 saturated heterocycles. The summed E-state index contributed by atoms with van der Waals surface area (Å²) in [6.45, 7) is 3.41. The van der Waals surface area contributed by atoms with Gasteiger partial charge in [0.1, 0.15) is 5.69 Å². The lowest BCUT2D eigenvalue weighted by molar-refractivity contribution is 0.0947. The van der Waals surface area contributed by atoms with Crippen molar-refractivity contribution < 1.29 is 14.3 Å². The fraction of sp³-hybridized carbons (Fsp3) is 0.235. The Morgan fingerprint density at radius 1 is 1.26 bits per heavy atom. The Morgan fingerprint density at radius 2 is 2.13 bits per heavy atom. The highest BCUT2D eigenvalue weighted by molar-refractivity contribution is 7.17. The zero-order chi connectivity index (χ0) is 15.8. The monoisotopic (exact) mass is 328 g/mol. The van der Waals surface area contributed by atoms with Crippen LogP contribution in [-0.4, -0.2) is 23.8 Å². The summed E-state index contributed by atoms with van der Waals surface area (Å²) < 4.78 is 14.0. The van der Waals surface area contributed by atoms with Gasteiger partial charge in [-0.05, 0) is 42.1 Å². The molecule has 0 fully saturated rings. The number of amides is 1. The molecular weight excluding hydrogens is 312 g/mol. The standard InChI is InChI=1S/C17H16N2O3S/c1-2-18-17(20)13-8-16-12(5-6-23-16)19(13)9-11-3-4-14-15(7-11)22-10-21-14/h3-8H,2,9-10H2,1H3,(H,18,20). The average molecular weight is 328 g/mol. The van der Waals surface area contributed by atoms with Crippen LogP contribution in [0.5, 0.6) is 11.5 Å². The Kier molecular flexibility index (Phi) is 3.46. The van der Waals surface area contributed by atoms with E-state index in [0.717, 1.165) is 27.3 Å². The maximum absolute atomic E-state index is 12.3. The maximum Gasteiger partial charge on any atom is 0.267 e. The summed E-state index contributed by atoms with van der Waals surface area (Å²) in [7, 11) is 0. The first kappa shape index (κ1) is 14.1. The van der Waals surface area contributed by atoms with Gasteiger partial charge in [-0.1, -0.05) is 6.07 Å². The van der Waals surface area contributed by atoms with E-state index in [9.17, 15) is 4.79 Å². The molecule has 5 nitrogen and oxygen atoms in total. The maximum atomic E-state index is 12.3. The van der Waals surface area contributed by atoms with E-state index < -0.39 is 0 Å². The molecule has 3 aromatic rings. The van der Waals surface area contributed by atoms with Crippen LogP contribution < -0.4 is 14.8 Å². The first-order valence-corrected chi connectivity index (χ1v) is 8.37. The molecule has 1 N–H and O–H groups in total. The Morgan fingerprint density at radius 3 is 3.00 bits per heavy atom. The molecule has 0 unspecified atom stereocenters. The lowest BCUT2D eigenvalue weighted by Gasteiger charge is -2.11. The summed E-state index contributed by atoms with van der Waals surface area (Å²) >= 11 is 1.64. The molecule has 0 radical (unpaired) electrons. The first-order chi connectivity index (χ1) is 11.3. The second-order valence-corrected chi connectivity index (χ2v) is 6.28. The van der Waals surface area contributed by atoms with Crippen molar-refractivity contribution in [3.63, 3.8) is 0 Å². The molecular formula is C17H16N2O3S. The summed E-state index contributed by atoms with van der Waals surface area (Å²) in [6.07, 6.45) is 0. The van der Waals surface area contributed by atoms with Gasteiger partial charge in [-0.15, -0.1) is 11.3 Å². The van der Waals surface area contributed by atoms with Crippen molar-refractivity contribution in [3.8, 4) is 11.5 Å². The molecule has 0 atom stereocenters. The van der Waals surface area contributed by atoms with Gasteiger partial charge in [0.2, 0.25) is 6.79 Å². The summed E-state index contributed by atoms with van der Waals surface area (Å²) in [4.78, 5) is 12.3. The van der Waals surface area contributed by atoms with E-state index in [1.165, 1.54) is 0 Å². The van der Waals surface area contributed by atoms with Crippen molar-refractivity contribution in [2.45, 2.75) is 13.5 Å². The van der Waals surface area contributed by atoms with Gasteiger partial charge < -0.3 is 19.4 Å². The number of rotatable bonds is 4. The number of aromatic nitrogens is 1. The van der Waals surface area contributed by atoms with Gasteiger partial charge in [-0.3, -0.25) is 4.79 Å². The topological polar surface area (TPSA) is 52.5 Å². The minimum atomic E-state index is -0.0448. The minimum absolute atomic E-state index is 0.0448. The predicted molar refractivity (Wildman–Crippen MR) is 89.5 cm³/mol. The number of nitrogens with zero attached hydrogens (tertiary/aromatic N) is 1. The van der Waals surface area contributed by atoms with E-state index in [1.807, 2.05) is 41.1 Å². The number of hydrogen-bond donors (Lipinski definition) is 1. The molecule has 1 aliphatic rings. The largest absolute Gasteiger partial charge is 0.454 e. The van der Waals surface area contributed by atoms with Gasteiger partial charge in [0.05, 0.1) is 10.2 Å². The quantitative estimate of drug-likeness (QED) is 0.800. The summed E-state index contributed by atoms with van der Waals surface area (Å²) in [5.74, 6) is 1.48. The molecule has 0 spiro atoms. The third kappa shape index (κ3) is 2.45. The molecule has 3 heterocycles. The van der Waals surface area contributed by atoms with Gasteiger partial charge >= 0.3 is 0 Å². The van der Waals surface area contributed by atoms with Gasteiger partial charge in [0.25, 0.3) is 5.91 Å². The SMILES string of the molecule is CCNC(=O)c1cc2sccc2n1Cc1ccc2c(c1)OCO2. The average Bonchev–Trinajstić information content (AvgIpc) is 3.24. The highest BCUT2D eigenvalue weighted by atomic mass is 32.1. The number of thiophene rings is 1. The lowest BCUT2D eigenvalue weighted by Crippen LogP contribution is -2.25. The van der Waals surface area contributed by atoms with E-state index in [-0.39, 0.29) is 12.7 Å². The molecule has 4 rings (SSSR count). The lowest BCUT2D eigenvalue weighted by atomic mass is 10.2. The Balaban J connectivity index is 1.73. The molecule has 0 aliphatic carbocycles. The molecule has 1 aliphatic heterocycles. The normalized spacial score (nSPS) is 12.7. The number of ether oxygens (including phenoxy) is 2. The molecule has 2 aromatic heterocycles. The molecule has 0 bridgehead atoms. The van der Waals surface area contributed by atoms with E-state index in [2.05, 4.69) is 11.4 Å². The van der Waals surface area contributed by atoms with Crippen molar-refractivity contribution in [1.29, 1.82) is 0 Å². The Labute approximate surface area is 137 Å². The van der Waals surface area contributed by atoms with Crippen molar-refractivity contribution in [1.82, 2.24) is 9.88 Å². The van der Waals surface area contributed by atoms with E-state index in [1.54, 1.807) is 11.3 Å². The van der Waals surface area contributed by atoms with Crippen LogP contribution in [0.3, 0.4) is 0 Å². The molecule has 118 valence electrons. The number of benzene rings is 1. The fourth-order valence-electron chi connectivity index (χ4n) is 2.81. The zero-order valence-electron chi connectivity index (χ0n) is 12.7. The van der Waals surface area contributed by atoms with Crippen LogP contribution in [0.15, 0.2) is 35.7 Å². The van der Waals surface area contributed by atoms with E-state index in [4.69, 9.17) is 9.47 Å². The molecule has 1 aromatic carbocycles. The van der Waals surface area contributed by atoms with Crippen molar-refractivity contribution in [2.75, 3.05) is 13.3 Å². The van der Waals surface area contributed by atoms with E-state index in [0.29, 0.717) is 18.8 Å². The van der Waals surface area contributed by atoms with Crippen LogP contribution >= 0.6 is 11.3 Å². The molecule has 23 heavy (non-hydrogen) atoms. The number of hydrogen-bond acceptors (Lipinski definition) is 4. The first-order valence-electron chi connectivity index (χ1n) is 7.49. The van der Waals surface area contributed by atoms with E-state index >= 15 is 0 Å². The van der Waals surface area contributed by atoms with Crippen LogP contribution in [0.4, 0.5) is 0 Å². The van der Waals surface area contributed by atoms with Gasteiger partial charge in [0, 0.05) is 13.1 Å². The number of fused-ring (bicyclic) bond motifs is 2. The summed E-state index contributed by atoms with van der Waals surface area (Å²) in [5, 5.41) is 4.92. The Bertz CT molecular complexity index is 881. The smallest absolute Gasteiger partial charge is 0.267 e. The van der Waals surface area contributed by atoms with Gasteiger partial charge in [-0.2, -0.15) is 0 Å². The molecule has 6 heteroatoms. The van der Waals surface area contributed by atoms with Gasteiger partial charge in [-0.25, -0.2) is 0 Å². The predicted octanol–water partition coefficient (Wildman–Crippen LogP) is 3.23. The number of nitrogens with one attached hydrogen (secondary N) is 1. The number of carbonyl (C=O) groups excluding carboxylic acids is 1. The minimum Gasteiger partial charge on any atom is -0.454 e. The van der Waals surface area contributed by atoms with Crippen molar-refractivity contribution in [3.05, 3.63) is 47.0 Å².